The van der Waals surface area contributed by atoms with Crippen LogP contribution in [0, 0.1) is 0 Å². The Bertz CT molecular complexity index is 764. The van der Waals surface area contributed by atoms with E-state index in [1.165, 1.54) is 13.3 Å². The number of H-pyrrole nitrogens is 1. The first-order chi connectivity index (χ1) is 10.0. The number of nitrogens with one attached hydrogen (secondary N) is 1. The van der Waals surface area contributed by atoms with Gasteiger partial charge in [-0.3, -0.25) is 9.89 Å². The van der Waals surface area contributed by atoms with Gasteiger partial charge in [0.2, 0.25) is 0 Å². The van der Waals surface area contributed by atoms with Gasteiger partial charge in [-0.2, -0.15) is 4.52 Å². The minimum absolute atomic E-state index is 0.107. The number of aromatic amines is 1. The number of fused-ring (bicyclic) bond motifs is 1. The molecular formula is C12H13N3O5S. The Morgan fingerprint density at radius 2 is 2.14 bits per heavy atom. The van der Waals surface area contributed by atoms with Crippen LogP contribution in [0.15, 0.2) is 16.0 Å². The van der Waals surface area contributed by atoms with Gasteiger partial charge in [-0.05, 0) is 13.2 Å². The zero-order valence-corrected chi connectivity index (χ0v) is 12.4. The van der Waals surface area contributed by atoms with Gasteiger partial charge in [-0.25, -0.2) is 14.6 Å². The van der Waals surface area contributed by atoms with Crippen LogP contribution < -0.4 is 5.56 Å². The van der Waals surface area contributed by atoms with E-state index < -0.39 is 17.5 Å². The minimum Gasteiger partial charge on any atom is -0.465 e. The van der Waals surface area contributed by atoms with E-state index in [1.807, 2.05) is 0 Å². The van der Waals surface area contributed by atoms with Crippen molar-refractivity contribution in [2.24, 2.45) is 0 Å². The molecule has 0 aliphatic heterocycles. The molecule has 1 N–H and O–H groups in total. The van der Waals surface area contributed by atoms with E-state index in [1.54, 1.807) is 13.2 Å². The maximum absolute atomic E-state index is 12.3. The molecule has 0 fully saturated rings. The summed E-state index contributed by atoms with van der Waals surface area (Å²) in [6.07, 6.45) is 2.98. The lowest BCUT2D eigenvalue weighted by Gasteiger charge is -2.05. The Hall–Kier alpha value is -2.29. The van der Waals surface area contributed by atoms with Crippen LogP contribution in [0.4, 0.5) is 0 Å². The van der Waals surface area contributed by atoms with Crippen LogP contribution >= 0.6 is 11.8 Å². The lowest BCUT2D eigenvalue weighted by molar-refractivity contribution is 0.0527. The molecule has 0 saturated heterocycles. The van der Waals surface area contributed by atoms with Crippen molar-refractivity contribution in [2.45, 2.75) is 11.9 Å². The fourth-order valence-electron chi connectivity index (χ4n) is 1.78. The molecule has 0 atom stereocenters. The summed E-state index contributed by atoms with van der Waals surface area (Å²) in [7, 11) is 1.18. The van der Waals surface area contributed by atoms with Crippen molar-refractivity contribution in [3.63, 3.8) is 0 Å². The third-order valence-electron chi connectivity index (χ3n) is 2.71. The van der Waals surface area contributed by atoms with E-state index in [-0.39, 0.29) is 28.4 Å². The first-order valence-electron chi connectivity index (χ1n) is 5.98. The van der Waals surface area contributed by atoms with Crippen molar-refractivity contribution in [2.75, 3.05) is 20.0 Å². The highest BCUT2D eigenvalue weighted by Gasteiger charge is 2.24. The first kappa shape index (κ1) is 15.1. The van der Waals surface area contributed by atoms with E-state index in [0.29, 0.717) is 0 Å². The van der Waals surface area contributed by atoms with Crippen molar-refractivity contribution in [3.8, 4) is 0 Å². The smallest absolute Gasteiger partial charge is 0.346 e. The summed E-state index contributed by atoms with van der Waals surface area (Å²) in [4.78, 5) is 40.0. The van der Waals surface area contributed by atoms with E-state index in [4.69, 9.17) is 4.74 Å². The molecule has 112 valence electrons. The summed E-state index contributed by atoms with van der Waals surface area (Å²) >= 11 is 1.11. The number of methoxy groups -OCH3 is 1. The summed E-state index contributed by atoms with van der Waals surface area (Å²) in [5.41, 5.74) is -0.581. The lowest BCUT2D eigenvalue weighted by Crippen LogP contribution is -2.26. The molecule has 0 radical (unpaired) electrons. The van der Waals surface area contributed by atoms with Gasteiger partial charge in [0, 0.05) is 6.20 Å². The number of rotatable bonds is 4. The molecule has 0 bridgehead atoms. The predicted molar refractivity (Wildman–Crippen MR) is 74.9 cm³/mol. The number of thioether (sulfide) groups is 1. The average molecular weight is 311 g/mol. The van der Waals surface area contributed by atoms with Crippen LogP contribution in [0.25, 0.3) is 5.65 Å². The third kappa shape index (κ3) is 2.51. The molecular weight excluding hydrogens is 298 g/mol. The summed E-state index contributed by atoms with van der Waals surface area (Å²) in [5, 5.41) is 2.78. The number of hydrogen-bond acceptors (Lipinski definition) is 7. The molecule has 21 heavy (non-hydrogen) atoms. The van der Waals surface area contributed by atoms with Crippen LogP contribution in [-0.4, -0.2) is 46.5 Å². The quantitative estimate of drug-likeness (QED) is 0.504. The molecule has 0 unspecified atom stereocenters. The topological polar surface area (TPSA) is 103 Å². The second kappa shape index (κ2) is 6.00. The molecule has 0 aromatic carbocycles. The van der Waals surface area contributed by atoms with Crippen LogP contribution in [0.1, 0.15) is 27.6 Å². The number of ether oxygens (including phenoxy) is 2. The fraction of sp³-hybridized carbons (Fsp3) is 0.333. The monoisotopic (exact) mass is 311 g/mol. The van der Waals surface area contributed by atoms with Gasteiger partial charge in [0.1, 0.15) is 10.6 Å². The predicted octanol–water partition coefficient (Wildman–Crippen LogP) is 0.708. The van der Waals surface area contributed by atoms with Crippen molar-refractivity contribution in [3.05, 3.63) is 27.7 Å². The molecule has 0 saturated carbocycles. The van der Waals surface area contributed by atoms with Gasteiger partial charge >= 0.3 is 11.9 Å². The molecule has 0 aliphatic rings. The lowest BCUT2D eigenvalue weighted by atomic mass is 10.3. The minimum atomic E-state index is -0.779. The Balaban J connectivity index is 2.73. The molecule has 2 heterocycles. The van der Waals surface area contributed by atoms with E-state index >= 15 is 0 Å². The zero-order chi connectivity index (χ0) is 15.6. The molecule has 2 aromatic heterocycles. The summed E-state index contributed by atoms with van der Waals surface area (Å²) in [6.45, 7) is 1.88. The van der Waals surface area contributed by atoms with Crippen LogP contribution in [0.3, 0.4) is 0 Å². The number of aromatic nitrogens is 3. The molecule has 8 nitrogen and oxygen atoms in total. The molecule has 9 heteroatoms. The summed E-state index contributed by atoms with van der Waals surface area (Å²) < 4.78 is 10.5. The second-order valence-electron chi connectivity index (χ2n) is 3.86. The fourth-order valence-corrected chi connectivity index (χ4v) is 2.33. The van der Waals surface area contributed by atoms with Gasteiger partial charge in [-0.1, -0.05) is 0 Å². The van der Waals surface area contributed by atoms with Crippen molar-refractivity contribution in [1.29, 1.82) is 0 Å². The average Bonchev–Trinajstić information content (AvgIpc) is 2.90. The van der Waals surface area contributed by atoms with Gasteiger partial charge in [0.25, 0.3) is 5.56 Å². The molecule has 2 rings (SSSR count). The molecule has 0 spiro atoms. The summed E-state index contributed by atoms with van der Waals surface area (Å²) in [5.74, 6) is -1.38. The zero-order valence-electron chi connectivity index (χ0n) is 11.6. The number of hydrogen-bond donors (Lipinski definition) is 1. The highest BCUT2D eigenvalue weighted by Crippen LogP contribution is 2.18. The van der Waals surface area contributed by atoms with Gasteiger partial charge in [-0.15, -0.1) is 11.8 Å². The van der Waals surface area contributed by atoms with E-state index in [0.717, 1.165) is 16.3 Å². The highest BCUT2D eigenvalue weighted by atomic mass is 32.2. The Morgan fingerprint density at radius 3 is 2.71 bits per heavy atom. The maximum Gasteiger partial charge on any atom is 0.346 e. The van der Waals surface area contributed by atoms with Crippen molar-refractivity contribution in [1.82, 2.24) is 14.6 Å². The third-order valence-corrected chi connectivity index (χ3v) is 3.39. The van der Waals surface area contributed by atoms with E-state index in [9.17, 15) is 14.4 Å². The maximum atomic E-state index is 12.3. The van der Waals surface area contributed by atoms with Crippen LogP contribution in [0.2, 0.25) is 0 Å². The Kier molecular flexibility index (Phi) is 4.32. The van der Waals surface area contributed by atoms with Crippen LogP contribution in [-0.2, 0) is 9.47 Å². The van der Waals surface area contributed by atoms with Gasteiger partial charge in [0.05, 0.1) is 13.7 Å². The first-order valence-corrected chi connectivity index (χ1v) is 7.21. The number of carbonyl (C=O) groups excluding carboxylic acids is 2. The molecule has 2 aromatic rings. The Labute approximate surface area is 123 Å². The normalized spacial score (nSPS) is 10.6. The van der Waals surface area contributed by atoms with Gasteiger partial charge in [0.15, 0.2) is 11.2 Å². The second-order valence-corrected chi connectivity index (χ2v) is 4.65. The molecule has 0 aliphatic carbocycles. The number of carbonyl (C=O) groups is 2. The number of nitrogens with zero attached hydrogens (tertiary/aromatic N) is 2. The largest absolute Gasteiger partial charge is 0.465 e. The van der Waals surface area contributed by atoms with Gasteiger partial charge < -0.3 is 9.47 Å². The molecule has 0 amide bonds. The number of esters is 2. The highest BCUT2D eigenvalue weighted by molar-refractivity contribution is 7.98. The SMILES string of the molecule is CCOC(=O)c1c[nH]n2c(=O)c(C(=O)OC)c(SC)nc12. The van der Waals surface area contributed by atoms with Crippen molar-refractivity contribution >= 4 is 29.3 Å². The van der Waals surface area contributed by atoms with Crippen molar-refractivity contribution < 1.29 is 19.1 Å². The Morgan fingerprint density at radius 1 is 1.43 bits per heavy atom. The van der Waals surface area contributed by atoms with E-state index in [2.05, 4.69) is 14.8 Å². The van der Waals surface area contributed by atoms with Crippen LogP contribution in [0.5, 0.6) is 0 Å². The summed E-state index contributed by atoms with van der Waals surface area (Å²) in [6, 6.07) is 0. The standard InChI is InChI=1S/C12H13N3O5S/c1-4-20-11(17)6-5-13-15-8(6)14-9(21-3)7(10(15)16)12(18)19-2/h5,13H,4H2,1-3H3.